The molecule has 1 amide bonds. The molecule has 0 bridgehead atoms. The second kappa shape index (κ2) is 15.0. The molecular formula is C22H38Cl2N4O2. The van der Waals surface area contributed by atoms with Crippen molar-refractivity contribution in [2.24, 2.45) is 5.92 Å². The Morgan fingerprint density at radius 2 is 1.70 bits per heavy atom. The molecule has 6 nitrogen and oxygen atoms in total. The number of amides is 1. The number of likely N-dealkylation sites (tertiary alicyclic amines) is 1. The van der Waals surface area contributed by atoms with E-state index in [-0.39, 0.29) is 30.7 Å². The lowest BCUT2D eigenvalue weighted by Gasteiger charge is -2.31. The van der Waals surface area contributed by atoms with Crippen molar-refractivity contribution in [1.29, 1.82) is 0 Å². The fourth-order valence-electron chi connectivity index (χ4n) is 4.12. The Kier molecular flexibility index (Phi) is 13.6. The van der Waals surface area contributed by atoms with E-state index in [1.807, 2.05) is 7.05 Å². The van der Waals surface area contributed by atoms with E-state index in [0.29, 0.717) is 13.1 Å². The average Bonchev–Trinajstić information content (AvgIpc) is 2.73. The molecule has 2 N–H and O–H groups in total. The SMILES string of the molecule is CNCCC1CCN(CC(=O)NCc2ccccc2CN2CCOCC2)CC1.Cl.Cl. The van der Waals surface area contributed by atoms with Crippen LogP contribution in [0.1, 0.15) is 30.4 Å². The summed E-state index contributed by atoms with van der Waals surface area (Å²) in [6.45, 7) is 8.79. The van der Waals surface area contributed by atoms with Gasteiger partial charge in [-0.3, -0.25) is 14.6 Å². The van der Waals surface area contributed by atoms with Gasteiger partial charge in [-0.2, -0.15) is 0 Å². The normalized spacial score (nSPS) is 18.3. The van der Waals surface area contributed by atoms with Crippen molar-refractivity contribution in [1.82, 2.24) is 20.4 Å². The van der Waals surface area contributed by atoms with Gasteiger partial charge in [0.25, 0.3) is 0 Å². The molecule has 2 heterocycles. The third-order valence-electron chi connectivity index (χ3n) is 5.97. The fourth-order valence-corrected chi connectivity index (χ4v) is 4.12. The number of ether oxygens (including phenoxy) is 1. The Bertz CT molecular complexity index is 607. The van der Waals surface area contributed by atoms with Crippen molar-refractivity contribution in [3.8, 4) is 0 Å². The summed E-state index contributed by atoms with van der Waals surface area (Å²) in [5.74, 6) is 0.939. The minimum atomic E-state index is 0. The van der Waals surface area contributed by atoms with E-state index in [4.69, 9.17) is 4.74 Å². The zero-order valence-electron chi connectivity index (χ0n) is 18.1. The number of nitrogens with zero attached hydrogens (tertiary/aromatic N) is 2. The minimum Gasteiger partial charge on any atom is -0.379 e. The van der Waals surface area contributed by atoms with Gasteiger partial charge in [-0.15, -0.1) is 24.8 Å². The monoisotopic (exact) mass is 460 g/mol. The van der Waals surface area contributed by atoms with E-state index >= 15 is 0 Å². The molecule has 1 aromatic carbocycles. The molecule has 1 aromatic rings. The number of benzene rings is 1. The third kappa shape index (κ3) is 9.08. The highest BCUT2D eigenvalue weighted by Crippen LogP contribution is 2.19. The molecule has 2 aliphatic heterocycles. The lowest BCUT2D eigenvalue weighted by atomic mass is 9.93. The van der Waals surface area contributed by atoms with Gasteiger partial charge in [-0.1, -0.05) is 24.3 Å². The Morgan fingerprint density at radius 1 is 1.03 bits per heavy atom. The van der Waals surface area contributed by atoms with Crippen LogP contribution in [0.4, 0.5) is 0 Å². The summed E-state index contributed by atoms with van der Waals surface area (Å²) in [7, 11) is 2.01. The van der Waals surface area contributed by atoms with E-state index in [1.54, 1.807) is 0 Å². The molecule has 2 aliphatic rings. The smallest absolute Gasteiger partial charge is 0.234 e. The van der Waals surface area contributed by atoms with Crippen molar-refractivity contribution in [3.05, 3.63) is 35.4 Å². The quantitative estimate of drug-likeness (QED) is 0.591. The number of carbonyl (C=O) groups excluding carboxylic acids is 1. The maximum atomic E-state index is 12.4. The van der Waals surface area contributed by atoms with Gasteiger partial charge in [0.2, 0.25) is 5.91 Å². The summed E-state index contributed by atoms with van der Waals surface area (Å²) >= 11 is 0. The van der Waals surface area contributed by atoms with Gasteiger partial charge in [0.05, 0.1) is 19.8 Å². The number of morpholine rings is 1. The highest BCUT2D eigenvalue weighted by atomic mass is 35.5. The first kappa shape index (κ1) is 27.1. The Balaban J connectivity index is 0.00000225. The molecule has 0 aliphatic carbocycles. The van der Waals surface area contributed by atoms with E-state index in [1.165, 1.54) is 30.4 Å². The van der Waals surface area contributed by atoms with Crippen LogP contribution in [0.25, 0.3) is 0 Å². The van der Waals surface area contributed by atoms with Crippen molar-refractivity contribution >= 4 is 30.7 Å². The predicted molar refractivity (Wildman–Crippen MR) is 127 cm³/mol. The predicted octanol–water partition coefficient (Wildman–Crippen LogP) is 2.30. The Labute approximate surface area is 193 Å². The van der Waals surface area contributed by atoms with Gasteiger partial charge in [0.1, 0.15) is 0 Å². The first-order valence-electron chi connectivity index (χ1n) is 10.7. The van der Waals surface area contributed by atoms with Crippen molar-refractivity contribution in [3.63, 3.8) is 0 Å². The lowest BCUT2D eigenvalue weighted by Crippen LogP contribution is -2.41. The molecule has 0 saturated carbocycles. The van der Waals surface area contributed by atoms with Crippen LogP contribution in [-0.4, -0.2) is 75.2 Å². The van der Waals surface area contributed by atoms with Gasteiger partial charge in [-0.05, 0) is 63.0 Å². The van der Waals surface area contributed by atoms with E-state index in [9.17, 15) is 4.79 Å². The zero-order chi connectivity index (χ0) is 19.6. The van der Waals surface area contributed by atoms with Gasteiger partial charge < -0.3 is 15.4 Å². The largest absolute Gasteiger partial charge is 0.379 e. The van der Waals surface area contributed by atoms with Crippen LogP contribution in [0.15, 0.2) is 24.3 Å². The Hall–Kier alpha value is -0.890. The molecule has 0 aromatic heterocycles. The maximum Gasteiger partial charge on any atom is 0.234 e. The number of halogens is 2. The average molecular weight is 461 g/mol. The van der Waals surface area contributed by atoms with E-state index in [0.717, 1.165) is 58.4 Å². The van der Waals surface area contributed by atoms with Gasteiger partial charge >= 0.3 is 0 Å². The summed E-state index contributed by atoms with van der Waals surface area (Å²) < 4.78 is 5.44. The molecule has 0 spiro atoms. The standard InChI is InChI=1S/C22H36N4O2.2ClH/c1-23-9-6-19-7-10-25(11-8-19)18-22(27)24-16-20-4-2-3-5-21(20)17-26-12-14-28-15-13-26;;/h2-5,19,23H,6-18H2,1H3,(H,24,27);2*1H. The number of hydrogen-bond donors (Lipinski definition) is 2. The molecule has 8 heteroatoms. The van der Waals surface area contributed by atoms with E-state index < -0.39 is 0 Å². The van der Waals surface area contributed by atoms with Crippen LogP contribution < -0.4 is 10.6 Å². The molecule has 0 unspecified atom stereocenters. The zero-order valence-corrected chi connectivity index (χ0v) is 19.7. The van der Waals surface area contributed by atoms with Crippen LogP contribution >= 0.6 is 24.8 Å². The summed E-state index contributed by atoms with van der Waals surface area (Å²) in [6.07, 6.45) is 3.66. The second-order valence-electron chi connectivity index (χ2n) is 8.05. The molecule has 172 valence electrons. The summed E-state index contributed by atoms with van der Waals surface area (Å²) in [6, 6.07) is 8.44. The first-order valence-corrected chi connectivity index (χ1v) is 10.7. The van der Waals surface area contributed by atoms with Crippen molar-refractivity contribution in [2.75, 3.05) is 59.5 Å². The maximum absolute atomic E-state index is 12.4. The molecule has 30 heavy (non-hydrogen) atoms. The highest BCUT2D eigenvalue weighted by Gasteiger charge is 2.20. The number of carbonyl (C=O) groups is 1. The lowest BCUT2D eigenvalue weighted by molar-refractivity contribution is -0.122. The molecule has 3 rings (SSSR count). The van der Waals surface area contributed by atoms with Gasteiger partial charge in [0.15, 0.2) is 0 Å². The fraction of sp³-hybridized carbons (Fsp3) is 0.682. The summed E-state index contributed by atoms with van der Waals surface area (Å²) in [5.41, 5.74) is 2.52. The molecule has 2 saturated heterocycles. The minimum absolute atomic E-state index is 0. The van der Waals surface area contributed by atoms with Crippen LogP contribution in [0.3, 0.4) is 0 Å². The van der Waals surface area contributed by atoms with Crippen LogP contribution in [0, 0.1) is 5.92 Å². The number of rotatable bonds is 9. The number of hydrogen-bond acceptors (Lipinski definition) is 5. The van der Waals surface area contributed by atoms with Crippen molar-refractivity contribution < 1.29 is 9.53 Å². The van der Waals surface area contributed by atoms with Gasteiger partial charge in [0, 0.05) is 26.2 Å². The topological polar surface area (TPSA) is 56.8 Å². The van der Waals surface area contributed by atoms with Gasteiger partial charge in [-0.25, -0.2) is 0 Å². The third-order valence-corrected chi connectivity index (χ3v) is 5.97. The van der Waals surface area contributed by atoms with E-state index in [2.05, 4.69) is 44.7 Å². The second-order valence-corrected chi connectivity index (χ2v) is 8.05. The van der Waals surface area contributed by atoms with Crippen LogP contribution in [0.5, 0.6) is 0 Å². The molecular weight excluding hydrogens is 423 g/mol. The van der Waals surface area contributed by atoms with Crippen molar-refractivity contribution in [2.45, 2.75) is 32.4 Å². The van der Waals surface area contributed by atoms with Crippen LogP contribution in [0.2, 0.25) is 0 Å². The van der Waals surface area contributed by atoms with Crippen LogP contribution in [-0.2, 0) is 22.6 Å². The highest BCUT2D eigenvalue weighted by molar-refractivity contribution is 5.85. The number of nitrogens with one attached hydrogen (secondary N) is 2. The first-order chi connectivity index (χ1) is 13.7. The molecule has 2 fully saturated rings. The molecule has 0 radical (unpaired) electrons. The summed E-state index contributed by atoms with van der Waals surface area (Å²) in [4.78, 5) is 17.2. The molecule has 0 atom stereocenters. The Morgan fingerprint density at radius 3 is 2.37 bits per heavy atom. The number of piperidine rings is 1. The summed E-state index contributed by atoms with van der Waals surface area (Å²) in [5, 5.41) is 6.37.